The number of nitrogens with zero attached hydrogens (tertiary/aromatic N) is 1. The number of hydrogen-bond acceptors (Lipinski definition) is 4. The molecule has 0 bridgehead atoms. The molecule has 1 heterocycles. The fourth-order valence-electron chi connectivity index (χ4n) is 2.41. The monoisotopic (exact) mass is 300 g/mol. The Morgan fingerprint density at radius 2 is 2.15 bits per heavy atom. The lowest BCUT2D eigenvalue weighted by Gasteiger charge is -2.38. The molecular formula is C12H20N4O3S. The van der Waals surface area contributed by atoms with E-state index >= 15 is 0 Å². The Morgan fingerprint density at radius 3 is 2.60 bits per heavy atom. The third-order valence-electron chi connectivity index (χ3n) is 3.66. The van der Waals surface area contributed by atoms with Gasteiger partial charge in [-0.2, -0.15) is 5.10 Å². The number of nitrogens with two attached hydrogens (primary N) is 1. The summed E-state index contributed by atoms with van der Waals surface area (Å²) in [7, 11) is -3.99. The summed E-state index contributed by atoms with van der Waals surface area (Å²) in [5.74, 6) is -0.491. The number of carbonyl (C=O) groups excluding carboxylic acids is 1. The zero-order chi connectivity index (χ0) is 15.0. The second-order valence-corrected chi connectivity index (χ2v) is 7.04. The number of H-pyrrole nitrogens is 1. The summed E-state index contributed by atoms with van der Waals surface area (Å²) in [6, 6.07) is 0. The summed E-state index contributed by atoms with van der Waals surface area (Å²) in [5, 5.41) is 14.5. The van der Waals surface area contributed by atoms with E-state index in [0.717, 1.165) is 25.7 Å². The second kappa shape index (κ2) is 5.17. The predicted octanol–water partition coefficient (Wildman–Crippen LogP) is 0.682. The lowest BCUT2D eigenvalue weighted by molar-refractivity contribution is 0.0841. The van der Waals surface area contributed by atoms with Crippen LogP contribution in [0.2, 0.25) is 0 Å². The molecule has 1 saturated carbocycles. The van der Waals surface area contributed by atoms with Crippen LogP contribution < -0.4 is 10.5 Å². The van der Waals surface area contributed by atoms with Crippen LogP contribution in [0.4, 0.5) is 0 Å². The fraction of sp³-hybridized carbons (Fsp3) is 0.667. The van der Waals surface area contributed by atoms with Gasteiger partial charge in [0.2, 0.25) is 10.0 Å². The number of amides is 1. The first-order chi connectivity index (χ1) is 9.27. The molecule has 0 aliphatic heterocycles. The number of hydrogen-bond donors (Lipinski definition) is 3. The Morgan fingerprint density at radius 1 is 1.50 bits per heavy atom. The van der Waals surface area contributed by atoms with Gasteiger partial charge in [-0.15, -0.1) is 0 Å². The lowest BCUT2D eigenvalue weighted by Crippen LogP contribution is -2.51. The van der Waals surface area contributed by atoms with E-state index in [-0.39, 0.29) is 16.1 Å². The van der Waals surface area contributed by atoms with Crippen LogP contribution in [0.3, 0.4) is 0 Å². The van der Waals surface area contributed by atoms with Gasteiger partial charge in [-0.3, -0.25) is 9.89 Å². The van der Waals surface area contributed by atoms with Crippen LogP contribution in [0.1, 0.15) is 55.7 Å². The van der Waals surface area contributed by atoms with Crippen LogP contribution in [0.5, 0.6) is 0 Å². The van der Waals surface area contributed by atoms with E-state index in [2.05, 4.69) is 15.5 Å². The summed E-state index contributed by atoms with van der Waals surface area (Å²) >= 11 is 0. The number of aromatic nitrogens is 2. The average Bonchev–Trinajstić information content (AvgIpc) is 2.71. The Balaban J connectivity index is 2.34. The molecular weight excluding hydrogens is 280 g/mol. The van der Waals surface area contributed by atoms with Crippen molar-refractivity contribution in [1.29, 1.82) is 0 Å². The predicted molar refractivity (Wildman–Crippen MR) is 73.7 cm³/mol. The van der Waals surface area contributed by atoms with E-state index in [9.17, 15) is 13.2 Å². The Labute approximate surface area is 118 Å². The van der Waals surface area contributed by atoms with Crippen LogP contribution in [-0.4, -0.2) is 30.1 Å². The largest absolute Gasteiger partial charge is 0.345 e. The second-order valence-electron chi connectivity index (χ2n) is 5.54. The quantitative estimate of drug-likeness (QED) is 0.741. The van der Waals surface area contributed by atoms with Crippen molar-refractivity contribution in [1.82, 2.24) is 15.5 Å². The fourth-order valence-corrected chi connectivity index (χ4v) is 3.31. The normalized spacial score (nSPS) is 17.6. The number of nitrogens with one attached hydrogen (secondary N) is 2. The van der Waals surface area contributed by atoms with Gasteiger partial charge in [0.25, 0.3) is 5.91 Å². The maximum absolute atomic E-state index is 12.2. The van der Waals surface area contributed by atoms with Gasteiger partial charge in [-0.25, -0.2) is 13.6 Å². The van der Waals surface area contributed by atoms with E-state index < -0.39 is 15.9 Å². The molecule has 0 atom stereocenters. The molecule has 1 amide bonds. The first-order valence-electron chi connectivity index (χ1n) is 6.69. The van der Waals surface area contributed by atoms with Gasteiger partial charge in [0, 0.05) is 5.54 Å². The van der Waals surface area contributed by atoms with E-state index in [1.54, 1.807) is 0 Å². The van der Waals surface area contributed by atoms with E-state index in [1.807, 2.05) is 13.8 Å². The molecule has 0 aromatic carbocycles. The summed E-state index contributed by atoms with van der Waals surface area (Å²) in [5.41, 5.74) is -0.0145. The van der Waals surface area contributed by atoms with Gasteiger partial charge >= 0.3 is 0 Å². The number of carbonyl (C=O) groups is 1. The van der Waals surface area contributed by atoms with Crippen molar-refractivity contribution in [2.24, 2.45) is 5.14 Å². The van der Waals surface area contributed by atoms with Crippen molar-refractivity contribution < 1.29 is 13.2 Å². The van der Waals surface area contributed by atoms with Crippen LogP contribution in [-0.2, 0) is 16.4 Å². The minimum absolute atomic E-state index is 0.135. The molecule has 20 heavy (non-hydrogen) atoms. The molecule has 0 saturated heterocycles. The Bertz CT molecular complexity index is 617. The standard InChI is InChI=1S/C12H20N4O3S/c1-3-5-8-10(20(13,18)19)9(16-15-8)11(17)14-12(2)6-4-7-12/h3-7H2,1-2H3,(H,14,17)(H,15,16)(H2,13,18,19). The third-order valence-corrected chi connectivity index (χ3v) is 4.67. The molecule has 0 radical (unpaired) electrons. The van der Waals surface area contributed by atoms with Crippen molar-refractivity contribution in [3.8, 4) is 0 Å². The van der Waals surface area contributed by atoms with Crippen molar-refractivity contribution in [2.75, 3.05) is 0 Å². The third kappa shape index (κ3) is 2.85. The number of primary sulfonamides is 1. The van der Waals surface area contributed by atoms with Crippen molar-refractivity contribution in [2.45, 2.75) is 56.4 Å². The Hall–Kier alpha value is -1.41. The molecule has 1 aliphatic carbocycles. The molecule has 2 rings (SSSR count). The number of aromatic amines is 1. The van der Waals surface area contributed by atoms with Gasteiger partial charge in [0.15, 0.2) is 5.69 Å². The topological polar surface area (TPSA) is 118 Å². The van der Waals surface area contributed by atoms with Gasteiger partial charge in [-0.1, -0.05) is 13.3 Å². The highest BCUT2D eigenvalue weighted by Gasteiger charge is 2.36. The van der Waals surface area contributed by atoms with Gasteiger partial charge in [0.05, 0.1) is 5.69 Å². The van der Waals surface area contributed by atoms with Crippen molar-refractivity contribution in [3.05, 3.63) is 11.4 Å². The molecule has 8 heteroatoms. The summed E-state index contributed by atoms with van der Waals surface area (Å²) < 4.78 is 23.4. The first-order valence-corrected chi connectivity index (χ1v) is 8.24. The number of rotatable bonds is 5. The molecule has 7 nitrogen and oxygen atoms in total. The number of aryl methyl sites for hydroxylation is 1. The van der Waals surface area contributed by atoms with Crippen LogP contribution in [0, 0.1) is 0 Å². The minimum Gasteiger partial charge on any atom is -0.345 e. The molecule has 0 spiro atoms. The summed E-state index contributed by atoms with van der Waals surface area (Å²) in [4.78, 5) is 12.0. The zero-order valence-corrected chi connectivity index (χ0v) is 12.5. The molecule has 0 unspecified atom stereocenters. The molecule has 112 valence electrons. The van der Waals surface area contributed by atoms with E-state index in [0.29, 0.717) is 12.1 Å². The highest BCUT2D eigenvalue weighted by atomic mass is 32.2. The smallest absolute Gasteiger partial charge is 0.273 e. The van der Waals surface area contributed by atoms with Gasteiger partial charge in [-0.05, 0) is 32.6 Å². The van der Waals surface area contributed by atoms with Gasteiger partial charge < -0.3 is 5.32 Å². The van der Waals surface area contributed by atoms with E-state index in [1.165, 1.54) is 0 Å². The number of sulfonamides is 1. The van der Waals surface area contributed by atoms with Crippen LogP contribution in [0.15, 0.2) is 4.90 Å². The van der Waals surface area contributed by atoms with Crippen LogP contribution in [0.25, 0.3) is 0 Å². The van der Waals surface area contributed by atoms with Crippen molar-refractivity contribution in [3.63, 3.8) is 0 Å². The molecule has 4 N–H and O–H groups in total. The molecule has 1 aliphatic rings. The SMILES string of the molecule is CCCc1[nH]nc(C(=O)NC2(C)CCC2)c1S(N)(=O)=O. The van der Waals surface area contributed by atoms with Crippen LogP contribution >= 0.6 is 0 Å². The average molecular weight is 300 g/mol. The summed E-state index contributed by atoms with van der Waals surface area (Å²) in [6.07, 6.45) is 4.03. The first kappa shape index (κ1) is 15.0. The molecule has 1 fully saturated rings. The van der Waals surface area contributed by atoms with E-state index in [4.69, 9.17) is 5.14 Å². The molecule has 1 aromatic heterocycles. The zero-order valence-electron chi connectivity index (χ0n) is 11.7. The molecule has 1 aromatic rings. The highest BCUT2D eigenvalue weighted by Crippen LogP contribution is 2.31. The Kier molecular flexibility index (Phi) is 3.88. The highest BCUT2D eigenvalue weighted by molar-refractivity contribution is 7.89. The van der Waals surface area contributed by atoms with Gasteiger partial charge in [0.1, 0.15) is 4.90 Å². The maximum atomic E-state index is 12.2. The van der Waals surface area contributed by atoms with Crippen molar-refractivity contribution >= 4 is 15.9 Å². The summed E-state index contributed by atoms with van der Waals surface area (Å²) in [6.45, 7) is 3.84. The lowest BCUT2D eigenvalue weighted by atomic mass is 9.78. The minimum atomic E-state index is -3.99. The maximum Gasteiger partial charge on any atom is 0.273 e.